The minimum atomic E-state index is -0.713. The summed E-state index contributed by atoms with van der Waals surface area (Å²) in [7, 11) is 0. The summed E-state index contributed by atoms with van der Waals surface area (Å²) in [4.78, 5) is 55.3. The Morgan fingerprint density at radius 2 is 1.82 bits per heavy atom. The number of benzene rings is 2. The number of pyridine rings is 1. The molecular formula is C24H20N4O5. The molecule has 2 N–H and O–H groups in total. The van der Waals surface area contributed by atoms with Crippen molar-refractivity contribution in [2.24, 2.45) is 0 Å². The van der Waals surface area contributed by atoms with Crippen molar-refractivity contribution < 1.29 is 14.3 Å². The van der Waals surface area contributed by atoms with Gasteiger partial charge in [-0.1, -0.05) is 17.7 Å². The maximum atomic E-state index is 12.6. The van der Waals surface area contributed by atoms with Crippen molar-refractivity contribution in [3.63, 3.8) is 0 Å². The zero-order valence-electron chi connectivity index (χ0n) is 17.9. The molecule has 4 rings (SSSR count). The van der Waals surface area contributed by atoms with Crippen molar-refractivity contribution in [1.29, 1.82) is 0 Å². The molecule has 0 fully saturated rings. The third-order valence-corrected chi connectivity index (χ3v) is 4.99. The first-order valence-electron chi connectivity index (χ1n) is 10.2. The summed E-state index contributed by atoms with van der Waals surface area (Å²) in [5.74, 6) is -0.711. The number of H-pyrrole nitrogens is 1. The van der Waals surface area contributed by atoms with Crippen LogP contribution in [0.4, 0.5) is 5.69 Å². The molecule has 2 heterocycles. The van der Waals surface area contributed by atoms with E-state index >= 15 is 0 Å². The van der Waals surface area contributed by atoms with E-state index < -0.39 is 17.2 Å². The van der Waals surface area contributed by atoms with E-state index in [-0.39, 0.29) is 28.3 Å². The Morgan fingerprint density at radius 3 is 2.52 bits per heavy atom. The highest BCUT2D eigenvalue weighted by Gasteiger charge is 2.14. The van der Waals surface area contributed by atoms with Crippen LogP contribution in [0.3, 0.4) is 0 Å². The molecule has 0 saturated heterocycles. The molecule has 9 heteroatoms. The van der Waals surface area contributed by atoms with Gasteiger partial charge in [0, 0.05) is 24.0 Å². The third kappa shape index (κ3) is 4.57. The summed E-state index contributed by atoms with van der Waals surface area (Å²) in [6.07, 6.45) is 1.26. The van der Waals surface area contributed by atoms with E-state index in [1.165, 1.54) is 16.8 Å². The number of aromatic amines is 1. The molecule has 0 aliphatic rings. The molecule has 0 aliphatic carbocycles. The molecule has 0 atom stereocenters. The third-order valence-electron chi connectivity index (χ3n) is 4.99. The molecule has 0 radical (unpaired) electrons. The number of anilines is 1. The number of ether oxygens (including phenoxy) is 1. The van der Waals surface area contributed by atoms with Crippen LogP contribution in [0.5, 0.6) is 5.75 Å². The number of hydrogen-bond donors (Lipinski definition) is 2. The Hall–Kier alpha value is -4.53. The molecule has 4 aromatic rings. The second kappa shape index (κ2) is 8.91. The van der Waals surface area contributed by atoms with E-state index in [1.807, 2.05) is 19.1 Å². The average Bonchev–Trinajstić information content (AvgIpc) is 2.80. The van der Waals surface area contributed by atoms with Crippen molar-refractivity contribution in [1.82, 2.24) is 14.5 Å². The fourth-order valence-corrected chi connectivity index (χ4v) is 3.33. The summed E-state index contributed by atoms with van der Waals surface area (Å²) < 4.78 is 6.66. The summed E-state index contributed by atoms with van der Waals surface area (Å²) >= 11 is 0. The molecule has 2 aromatic heterocycles. The normalized spacial score (nSPS) is 10.7. The van der Waals surface area contributed by atoms with Crippen molar-refractivity contribution in [2.45, 2.75) is 20.4 Å². The number of aryl methyl sites for hydroxylation is 2. The monoisotopic (exact) mass is 444 g/mol. The summed E-state index contributed by atoms with van der Waals surface area (Å²) in [5, 5.41) is 2.90. The fourth-order valence-electron chi connectivity index (χ4n) is 3.33. The number of carbonyl (C=O) groups excluding carboxylic acids is 2. The molecule has 166 valence electrons. The molecular weight excluding hydrogens is 424 g/mol. The van der Waals surface area contributed by atoms with E-state index in [2.05, 4.69) is 15.3 Å². The molecule has 1 amide bonds. The Morgan fingerprint density at radius 1 is 1.06 bits per heavy atom. The number of nitrogens with zero attached hydrogens (tertiary/aromatic N) is 2. The first kappa shape index (κ1) is 21.7. The standard InChI is InChI=1S/C24H20N4O5/c1-3-28-20-19(22(30)27-24(28)32)12-16(13-25-20)23(31)33-18-9-7-17(8-10-18)26-21(29)15-6-4-5-14(2)11-15/h4-13H,3H2,1-2H3,(H,26,29)(H,27,30,32). The summed E-state index contributed by atoms with van der Waals surface area (Å²) in [6.45, 7) is 3.97. The molecule has 2 aromatic carbocycles. The number of rotatable bonds is 5. The van der Waals surface area contributed by atoms with Crippen LogP contribution in [-0.2, 0) is 6.54 Å². The number of carbonyl (C=O) groups is 2. The van der Waals surface area contributed by atoms with Gasteiger partial charge in [-0.05, 0) is 56.3 Å². The van der Waals surface area contributed by atoms with Gasteiger partial charge in [0.25, 0.3) is 11.5 Å². The lowest BCUT2D eigenvalue weighted by molar-refractivity contribution is 0.0734. The van der Waals surface area contributed by atoms with Crippen LogP contribution < -0.4 is 21.3 Å². The van der Waals surface area contributed by atoms with Gasteiger partial charge in [0.2, 0.25) is 0 Å². The highest BCUT2D eigenvalue weighted by molar-refractivity contribution is 6.04. The van der Waals surface area contributed by atoms with Gasteiger partial charge in [-0.25, -0.2) is 14.6 Å². The fraction of sp³-hybridized carbons (Fsp3) is 0.125. The van der Waals surface area contributed by atoms with Crippen LogP contribution in [0.15, 0.2) is 70.4 Å². The first-order valence-corrected chi connectivity index (χ1v) is 10.2. The number of fused-ring (bicyclic) bond motifs is 1. The van der Waals surface area contributed by atoms with Crippen LogP contribution in [0.2, 0.25) is 0 Å². The van der Waals surface area contributed by atoms with Crippen LogP contribution in [0.25, 0.3) is 11.0 Å². The number of aromatic nitrogens is 3. The van der Waals surface area contributed by atoms with Gasteiger partial charge < -0.3 is 10.1 Å². The maximum absolute atomic E-state index is 12.6. The lowest BCUT2D eigenvalue weighted by Gasteiger charge is -2.09. The predicted octanol–water partition coefficient (Wildman–Crippen LogP) is 2.88. The van der Waals surface area contributed by atoms with E-state index in [9.17, 15) is 19.2 Å². The van der Waals surface area contributed by atoms with Crippen LogP contribution in [0, 0.1) is 6.92 Å². The largest absolute Gasteiger partial charge is 0.423 e. The Balaban J connectivity index is 1.50. The zero-order valence-corrected chi connectivity index (χ0v) is 17.9. The number of hydrogen-bond acceptors (Lipinski definition) is 6. The Labute approximate surface area is 187 Å². The molecule has 33 heavy (non-hydrogen) atoms. The number of nitrogens with one attached hydrogen (secondary N) is 2. The van der Waals surface area contributed by atoms with E-state index in [4.69, 9.17) is 4.74 Å². The smallest absolute Gasteiger partial charge is 0.345 e. The van der Waals surface area contributed by atoms with Gasteiger partial charge in [-0.3, -0.25) is 19.1 Å². The summed E-state index contributed by atoms with van der Waals surface area (Å²) in [5.41, 5.74) is 1.12. The van der Waals surface area contributed by atoms with Crippen molar-refractivity contribution in [3.05, 3.63) is 98.3 Å². The van der Waals surface area contributed by atoms with Crippen molar-refractivity contribution in [2.75, 3.05) is 5.32 Å². The van der Waals surface area contributed by atoms with Crippen LogP contribution >= 0.6 is 0 Å². The average molecular weight is 444 g/mol. The maximum Gasteiger partial charge on any atom is 0.345 e. The highest BCUT2D eigenvalue weighted by Crippen LogP contribution is 2.19. The second-order valence-electron chi connectivity index (χ2n) is 7.34. The van der Waals surface area contributed by atoms with E-state index in [0.29, 0.717) is 17.8 Å². The topological polar surface area (TPSA) is 123 Å². The van der Waals surface area contributed by atoms with Crippen LogP contribution in [0.1, 0.15) is 33.2 Å². The van der Waals surface area contributed by atoms with Crippen molar-refractivity contribution >= 4 is 28.6 Å². The zero-order chi connectivity index (χ0) is 23.5. The van der Waals surface area contributed by atoms with Crippen molar-refractivity contribution in [3.8, 4) is 5.75 Å². The van der Waals surface area contributed by atoms with Gasteiger partial charge in [0.1, 0.15) is 11.4 Å². The molecule has 0 aliphatic heterocycles. The minimum absolute atomic E-state index is 0.0612. The predicted molar refractivity (Wildman–Crippen MR) is 123 cm³/mol. The SMILES string of the molecule is CCn1c(=O)[nH]c(=O)c2cc(C(=O)Oc3ccc(NC(=O)c4cccc(C)c4)cc3)cnc21. The quantitative estimate of drug-likeness (QED) is 0.360. The molecule has 9 nitrogen and oxygen atoms in total. The van der Waals surface area contributed by atoms with Gasteiger partial charge in [-0.2, -0.15) is 0 Å². The number of esters is 1. The van der Waals surface area contributed by atoms with Gasteiger partial charge in [0.15, 0.2) is 0 Å². The molecule has 0 spiro atoms. The van der Waals surface area contributed by atoms with E-state index in [1.54, 1.807) is 43.3 Å². The molecule has 0 saturated carbocycles. The Bertz CT molecular complexity index is 1490. The highest BCUT2D eigenvalue weighted by atomic mass is 16.5. The lowest BCUT2D eigenvalue weighted by atomic mass is 10.1. The molecule has 0 unspecified atom stereocenters. The van der Waals surface area contributed by atoms with Crippen LogP contribution in [-0.4, -0.2) is 26.4 Å². The van der Waals surface area contributed by atoms with Gasteiger partial charge >= 0.3 is 11.7 Å². The lowest BCUT2D eigenvalue weighted by Crippen LogP contribution is -2.30. The van der Waals surface area contributed by atoms with Gasteiger partial charge in [-0.15, -0.1) is 0 Å². The first-order chi connectivity index (χ1) is 15.9. The van der Waals surface area contributed by atoms with Gasteiger partial charge in [0.05, 0.1) is 10.9 Å². The minimum Gasteiger partial charge on any atom is -0.423 e. The summed E-state index contributed by atoms with van der Waals surface area (Å²) in [6, 6.07) is 14.9. The second-order valence-corrected chi connectivity index (χ2v) is 7.34. The molecule has 0 bridgehead atoms. The number of amides is 1. The van der Waals surface area contributed by atoms with E-state index in [0.717, 1.165) is 5.56 Å². The Kier molecular flexibility index (Phi) is 5.86.